The number of carbonyl (C=O) groups excluding carboxylic acids is 2. The Hall–Kier alpha value is -3.04. The van der Waals surface area contributed by atoms with Gasteiger partial charge in [0.2, 0.25) is 18.6 Å². The van der Waals surface area contributed by atoms with Crippen LogP contribution in [0.15, 0.2) is 41.0 Å². The maximum Gasteiger partial charge on any atom is 0.242 e. The van der Waals surface area contributed by atoms with Crippen molar-refractivity contribution in [3.63, 3.8) is 0 Å². The van der Waals surface area contributed by atoms with Gasteiger partial charge < -0.3 is 28.4 Å². The van der Waals surface area contributed by atoms with E-state index in [2.05, 4.69) is 11.8 Å². The van der Waals surface area contributed by atoms with Gasteiger partial charge in [0.15, 0.2) is 11.5 Å². The van der Waals surface area contributed by atoms with Crippen LogP contribution >= 0.6 is 0 Å². The molecule has 202 valence electrons. The highest BCUT2D eigenvalue weighted by atomic mass is 16.7. The highest BCUT2D eigenvalue weighted by Gasteiger charge is 2.23. The maximum atomic E-state index is 13.6. The molecule has 3 heterocycles. The summed E-state index contributed by atoms with van der Waals surface area (Å²) in [4.78, 5) is 32.6. The number of rotatable bonds is 14. The summed E-state index contributed by atoms with van der Waals surface area (Å²) in [5.74, 6) is 2.02. The van der Waals surface area contributed by atoms with Crippen LogP contribution in [0, 0.1) is 0 Å². The van der Waals surface area contributed by atoms with Gasteiger partial charge >= 0.3 is 0 Å². The molecule has 0 radical (unpaired) electrons. The molecule has 1 aromatic heterocycles. The lowest BCUT2D eigenvalue weighted by Crippen LogP contribution is -2.44. The smallest absolute Gasteiger partial charge is 0.242 e. The third-order valence-electron chi connectivity index (χ3n) is 6.77. The molecule has 2 aromatic rings. The monoisotopic (exact) mass is 513 g/mol. The number of ether oxygens (including phenoxy) is 3. The largest absolute Gasteiger partial charge is 0.467 e. The Balaban J connectivity index is 1.42. The zero-order valence-corrected chi connectivity index (χ0v) is 21.9. The van der Waals surface area contributed by atoms with Crippen molar-refractivity contribution < 1.29 is 28.2 Å². The average Bonchev–Trinajstić information content (AvgIpc) is 3.60. The first-order chi connectivity index (χ1) is 18.1. The average molecular weight is 514 g/mol. The molecule has 2 aliphatic heterocycles. The minimum absolute atomic E-state index is 0.0461. The lowest BCUT2D eigenvalue weighted by atomic mass is 10.1. The van der Waals surface area contributed by atoms with Gasteiger partial charge in [-0.1, -0.05) is 25.8 Å². The van der Waals surface area contributed by atoms with Crippen LogP contribution in [-0.4, -0.2) is 79.2 Å². The van der Waals surface area contributed by atoms with Crippen LogP contribution in [0.5, 0.6) is 11.5 Å². The van der Waals surface area contributed by atoms with Crippen LogP contribution in [0.2, 0.25) is 0 Å². The first kappa shape index (κ1) is 27.0. The maximum absolute atomic E-state index is 13.6. The molecule has 0 aliphatic carbocycles. The lowest BCUT2D eigenvalue weighted by molar-refractivity contribution is -0.141. The van der Waals surface area contributed by atoms with Gasteiger partial charge in [0.1, 0.15) is 5.76 Å². The van der Waals surface area contributed by atoms with Crippen molar-refractivity contribution in [2.45, 2.75) is 52.1 Å². The third-order valence-corrected chi connectivity index (χ3v) is 6.77. The standard InChI is InChI=1S/C28H39N3O6/c1-2-3-4-8-27(32)30(12-6-11-29-13-16-34-17-14-29)21-28(33)31(20-24-7-5-15-35-24)19-23-9-10-25-26(18-23)37-22-36-25/h5,7,9-10,15,18H,2-4,6,8,11-14,16-17,19-22H2,1H3. The van der Waals surface area contributed by atoms with Crippen LogP contribution in [0.25, 0.3) is 0 Å². The predicted molar refractivity (Wildman–Crippen MR) is 138 cm³/mol. The highest BCUT2D eigenvalue weighted by Crippen LogP contribution is 2.33. The zero-order valence-electron chi connectivity index (χ0n) is 21.9. The minimum Gasteiger partial charge on any atom is -0.467 e. The van der Waals surface area contributed by atoms with E-state index >= 15 is 0 Å². The number of fused-ring (bicyclic) bond motifs is 1. The fraction of sp³-hybridized carbons (Fsp3) is 0.571. The number of benzene rings is 1. The summed E-state index contributed by atoms with van der Waals surface area (Å²) >= 11 is 0. The number of hydrogen-bond donors (Lipinski definition) is 0. The summed E-state index contributed by atoms with van der Waals surface area (Å²) in [6, 6.07) is 9.37. The molecule has 1 saturated heterocycles. The molecule has 2 amide bonds. The summed E-state index contributed by atoms with van der Waals surface area (Å²) in [5, 5.41) is 0. The SMILES string of the molecule is CCCCCC(=O)N(CCCN1CCOCC1)CC(=O)N(Cc1ccc2c(c1)OCO2)Cc1ccco1. The number of nitrogens with zero attached hydrogens (tertiary/aromatic N) is 3. The van der Waals surface area contributed by atoms with Crippen LogP contribution in [-0.2, 0) is 27.4 Å². The molecule has 37 heavy (non-hydrogen) atoms. The fourth-order valence-corrected chi connectivity index (χ4v) is 4.63. The highest BCUT2D eigenvalue weighted by molar-refractivity contribution is 5.84. The van der Waals surface area contributed by atoms with E-state index < -0.39 is 0 Å². The topological polar surface area (TPSA) is 84.7 Å². The van der Waals surface area contributed by atoms with Gasteiger partial charge in [-0.05, 0) is 42.7 Å². The summed E-state index contributed by atoms with van der Waals surface area (Å²) in [6.07, 6.45) is 5.81. The van der Waals surface area contributed by atoms with Gasteiger partial charge in [0.05, 0.1) is 32.6 Å². The molecule has 0 bridgehead atoms. The van der Waals surface area contributed by atoms with Crippen molar-refractivity contribution in [3.8, 4) is 11.5 Å². The number of carbonyl (C=O) groups is 2. The molecule has 9 heteroatoms. The van der Waals surface area contributed by atoms with Gasteiger partial charge in [-0.15, -0.1) is 0 Å². The van der Waals surface area contributed by atoms with Crippen molar-refractivity contribution in [1.29, 1.82) is 0 Å². The molecular weight excluding hydrogens is 474 g/mol. The molecule has 0 N–H and O–H groups in total. The second-order valence-electron chi connectivity index (χ2n) is 9.60. The van der Waals surface area contributed by atoms with Crippen molar-refractivity contribution in [2.75, 3.05) is 52.7 Å². The summed E-state index contributed by atoms with van der Waals surface area (Å²) in [5.41, 5.74) is 0.928. The van der Waals surface area contributed by atoms with Gasteiger partial charge in [-0.3, -0.25) is 14.5 Å². The Morgan fingerprint density at radius 3 is 2.57 bits per heavy atom. The number of morpholine rings is 1. The summed E-state index contributed by atoms with van der Waals surface area (Å²) < 4.78 is 21.9. The fourth-order valence-electron chi connectivity index (χ4n) is 4.63. The normalized spacial score (nSPS) is 15.1. The van der Waals surface area contributed by atoms with Crippen LogP contribution in [0.1, 0.15) is 50.4 Å². The molecular formula is C28H39N3O6. The number of furan rings is 1. The first-order valence-corrected chi connectivity index (χ1v) is 13.4. The third kappa shape index (κ3) is 8.23. The first-order valence-electron chi connectivity index (χ1n) is 13.4. The molecule has 9 nitrogen and oxygen atoms in total. The van der Waals surface area contributed by atoms with Crippen molar-refractivity contribution in [3.05, 3.63) is 47.9 Å². The van der Waals surface area contributed by atoms with E-state index in [1.54, 1.807) is 16.1 Å². The second kappa shape index (κ2) is 14.0. The van der Waals surface area contributed by atoms with E-state index in [4.69, 9.17) is 18.6 Å². The van der Waals surface area contributed by atoms with Gasteiger partial charge in [-0.25, -0.2) is 0 Å². The van der Waals surface area contributed by atoms with Crippen LogP contribution in [0.4, 0.5) is 0 Å². The van der Waals surface area contributed by atoms with Crippen molar-refractivity contribution in [1.82, 2.24) is 14.7 Å². The van der Waals surface area contributed by atoms with E-state index in [-0.39, 0.29) is 25.2 Å². The van der Waals surface area contributed by atoms with Gasteiger partial charge in [0, 0.05) is 39.1 Å². The van der Waals surface area contributed by atoms with Crippen LogP contribution < -0.4 is 9.47 Å². The molecule has 1 aromatic carbocycles. The number of hydrogen-bond acceptors (Lipinski definition) is 7. The van der Waals surface area contributed by atoms with Gasteiger partial charge in [0.25, 0.3) is 0 Å². The number of amides is 2. The van der Waals surface area contributed by atoms with E-state index in [9.17, 15) is 9.59 Å². The Labute approximate surface area is 219 Å². The van der Waals surface area contributed by atoms with E-state index in [0.29, 0.717) is 43.3 Å². The quantitative estimate of drug-likeness (QED) is 0.357. The molecule has 1 fully saturated rings. The Bertz CT molecular complexity index is 990. The van der Waals surface area contributed by atoms with Crippen molar-refractivity contribution in [2.24, 2.45) is 0 Å². The van der Waals surface area contributed by atoms with Crippen molar-refractivity contribution >= 4 is 11.8 Å². The Morgan fingerprint density at radius 2 is 1.78 bits per heavy atom. The number of unbranched alkanes of at least 4 members (excludes halogenated alkanes) is 2. The summed E-state index contributed by atoms with van der Waals surface area (Å²) in [6.45, 7) is 7.86. The van der Waals surface area contributed by atoms with E-state index in [1.807, 2.05) is 30.3 Å². The lowest BCUT2D eigenvalue weighted by Gasteiger charge is -2.30. The van der Waals surface area contributed by atoms with Crippen LogP contribution in [0.3, 0.4) is 0 Å². The van der Waals surface area contributed by atoms with Gasteiger partial charge in [-0.2, -0.15) is 0 Å². The molecule has 4 rings (SSSR count). The predicted octanol–water partition coefficient (Wildman–Crippen LogP) is 3.67. The Kier molecular flexibility index (Phi) is 10.3. The van der Waals surface area contributed by atoms with E-state index in [0.717, 1.165) is 64.1 Å². The molecule has 0 unspecified atom stereocenters. The molecule has 0 atom stereocenters. The zero-order chi connectivity index (χ0) is 25.9. The minimum atomic E-state index is -0.107. The second-order valence-corrected chi connectivity index (χ2v) is 9.60. The van der Waals surface area contributed by atoms with E-state index in [1.165, 1.54) is 0 Å². The molecule has 0 spiro atoms. The molecule has 2 aliphatic rings. The summed E-state index contributed by atoms with van der Waals surface area (Å²) in [7, 11) is 0. The molecule has 0 saturated carbocycles. The Morgan fingerprint density at radius 1 is 0.946 bits per heavy atom.